The van der Waals surface area contributed by atoms with Crippen LogP contribution in [-0.4, -0.2) is 24.0 Å². The van der Waals surface area contributed by atoms with Gasteiger partial charge in [0, 0.05) is 11.6 Å². The van der Waals surface area contributed by atoms with Gasteiger partial charge in [-0.25, -0.2) is 4.79 Å². The predicted octanol–water partition coefficient (Wildman–Crippen LogP) is 1.87. The minimum atomic E-state index is -0.482. The summed E-state index contributed by atoms with van der Waals surface area (Å²) in [4.78, 5) is 26.1. The van der Waals surface area contributed by atoms with Crippen LogP contribution in [0.2, 0.25) is 0 Å². The van der Waals surface area contributed by atoms with Crippen LogP contribution in [0.4, 0.5) is 5.69 Å². The first kappa shape index (κ1) is 15.1. The topological polar surface area (TPSA) is 87.1 Å². The van der Waals surface area contributed by atoms with E-state index in [1.165, 1.54) is 0 Å². The molecule has 4 rings (SSSR count). The Hall–Kier alpha value is -1.79. The second-order valence-electron chi connectivity index (χ2n) is 6.08. The highest BCUT2D eigenvalue weighted by molar-refractivity contribution is 5.96. The van der Waals surface area contributed by atoms with E-state index in [9.17, 15) is 9.59 Å². The molecule has 1 aromatic carbocycles. The maximum Gasteiger partial charge on any atom is 0.417 e. The number of carbonyl (C=O) groups is 1. The van der Waals surface area contributed by atoms with E-state index in [1.807, 2.05) is 0 Å². The summed E-state index contributed by atoms with van der Waals surface area (Å²) in [6.07, 6.45) is 3.16. The Labute approximate surface area is 133 Å². The molecule has 1 aliphatic carbocycles. The molecule has 118 valence electrons. The lowest BCUT2D eigenvalue weighted by molar-refractivity contribution is -0.118. The number of H-pyrrole nitrogens is 1. The van der Waals surface area contributed by atoms with Crippen molar-refractivity contribution in [2.45, 2.75) is 19.3 Å². The van der Waals surface area contributed by atoms with Crippen LogP contribution in [0.3, 0.4) is 0 Å². The summed E-state index contributed by atoms with van der Waals surface area (Å²) in [6, 6.07) is 5.18. The van der Waals surface area contributed by atoms with Gasteiger partial charge in [-0.3, -0.25) is 9.78 Å². The van der Waals surface area contributed by atoms with Crippen LogP contribution in [0.1, 0.15) is 19.3 Å². The van der Waals surface area contributed by atoms with Crippen LogP contribution in [0.15, 0.2) is 27.4 Å². The van der Waals surface area contributed by atoms with Crippen molar-refractivity contribution in [1.29, 1.82) is 0 Å². The van der Waals surface area contributed by atoms with E-state index >= 15 is 0 Å². The fourth-order valence-electron chi connectivity index (χ4n) is 3.45. The Bertz CT molecular complexity index is 761. The molecule has 1 aliphatic heterocycles. The molecule has 6 nitrogen and oxygen atoms in total. The fourth-order valence-corrected chi connectivity index (χ4v) is 3.45. The minimum absolute atomic E-state index is 0. The van der Waals surface area contributed by atoms with E-state index < -0.39 is 5.76 Å². The summed E-state index contributed by atoms with van der Waals surface area (Å²) in [5.41, 5.74) is 2.02. The molecule has 0 bridgehead atoms. The number of hydrogen-bond acceptors (Lipinski definition) is 4. The average Bonchev–Trinajstić information content (AvgIpc) is 3.02. The quantitative estimate of drug-likeness (QED) is 0.787. The lowest BCUT2D eigenvalue weighted by Gasteiger charge is -2.23. The zero-order valence-corrected chi connectivity index (χ0v) is 12.8. The SMILES string of the molecule is Cl.O=C(Nc1ccc2oc(=O)[nH]c2c1)C1CC12CCNCC2. The summed E-state index contributed by atoms with van der Waals surface area (Å²) >= 11 is 0. The van der Waals surface area contributed by atoms with Crippen LogP contribution in [0, 0.1) is 11.3 Å². The van der Waals surface area contributed by atoms with E-state index in [-0.39, 0.29) is 29.6 Å². The van der Waals surface area contributed by atoms with Gasteiger partial charge in [-0.1, -0.05) is 0 Å². The number of oxazole rings is 1. The molecule has 1 atom stereocenters. The summed E-state index contributed by atoms with van der Waals surface area (Å²) in [7, 11) is 0. The van der Waals surface area contributed by atoms with Gasteiger partial charge in [0.15, 0.2) is 5.58 Å². The number of halogens is 1. The maximum absolute atomic E-state index is 12.4. The number of piperidine rings is 1. The van der Waals surface area contributed by atoms with Crippen molar-refractivity contribution in [1.82, 2.24) is 10.3 Å². The van der Waals surface area contributed by atoms with Crippen LogP contribution in [0.5, 0.6) is 0 Å². The third-order valence-corrected chi connectivity index (χ3v) is 4.79. The molecule has 1 spiro atoms. The highest BCUT2D eigenvalue weighted by atomic mass is 35.5. The van der Waals surface area contributed by atoms with Crippen LogP contribution in [-0.2, 0) is 4.79 Å². The van der Waals surface area contributed by atoms with E-state index in [1.54, 1.807) is 18.2 Å². The number of nitrogens with one attached hydrogen (secondary N) is 3. The van der Waals surface area contributed by atoms with E-state index in [0.717, 1.165) is 32.4 Å². The molecule has 2 heterocycles. The lowest BCUT2D eigenvalue weighted by Crippen LogP contribution is -2.31. The highest BCUT2D eigenvalue weighted by Gasteiger charge is 2.57. The van der Waals surface area contributed by atoms with Gasteiger partial charge >= 0.3 is 5.76 Å². The number of carbonyl (C=O) groups excluding carboxylic acids is 1. The standard InChI is InChI=1S/C15H17N3O3.ClH/c19-13(10-8-15(10)3-5-16-6-4-15)17-9-1-2-12-11(7-9)18-14(20)21-12;/h1-2,7,10,16H,3-6,8H2,(H,17,19)(H,18,20);1H. The molecule has 1 saturated heterocycles. The molecule has 0 radical (unpaired) electrons. The van der Waals surface area contributed by atoms with Gasteiger partial charge in [0.25, 0.3) is 0 Å². The van der Waals surface area contributed by atoms with Gasteiger partial charge in [-0.05, 0) is 56.0 Å². The number of aromatic nitrogens is 1. The molecular formula is C15H18ClN3O3. The molecule has 2 aromatic rings. The van der Waals surface area contributed by atoms with Crippen molar-refractivity contribution >= 4 is 35.1 Å². The van der Waals surface area contributed by atoms with Gasteiger partial charge < -0.3 is 15.1 Å². The van der Waals surface area contributed by atoms with Crippen molar-refractivity contribution in [3.8, 4) is 0 Å². The van der Waals surface area contributed by atoms with Gasteiger partial charge in [0.05, 0.1) is 5.52 Å². The number of anilines is 1. The highest BCUT2D eigenvalue weighted by Crippen LogP contribution is 2.58. The Morgan fingerprint density at radius 2 is 2.09 bits per heavy atom. The summed E-state index contributed by atoms with van der Waals surface area (Å²) in [5, 5.41) is 6.29. The van der Waals surface area contributed by atoms with Crippen molar-refractivity contribution in [3.05, 3.63) is 28.7 Å². The first-order chi connectivity index (χ1) is 10.2. The third-order valence-electron chi connectivity index (χ3n) is 4.79. The number of fused-ring (bicyclic) bond motifs is 1. The molecule has 1 saturated carbocycles. The minimum Gasteiger partial charge on any atom is -0.408 e. The Balaban J connectivity index is 0.00000144. The van der Waals surface area contributed by atoms with Crippen molar-refractivity contribution < 1.29 is 9.21 Å². The molecule has 1 amide bonds. The summed E-state index contributed by atoms with van der Waals surface area (Å²) < 4.78 is 4.95. The zero-order chi connectivity index (χ0) is 14.4. The van der Waals surface area contributed by atoms with Gasteiger partial charge in [0.1, 0.15) is 0 Å². The smallest absolute Gasteiger partial charge is 0.408 e. The maximum atomic E-state index is 12.4. The van der Waals surface area contributed by atoms with Gasteiger partial charge in [-0.15, -0.1) is 12.4 Å². The van der Waals surface area contributed by atoms with E-state index in [4.69, 9.17) is 4.42 Å². The number of hydrogen-bond donors (Lipinski definition) is 3. The molecule has 2 fully saturated rings. The van der Waals surface area contributed by atoms with Crippen LogP contribution < -0.4 is 16.4 Å². The molecule has 1 unspecified atom stereocenters. The number of benzene rings is 1. The molecule has 3 N–H and O–H groups in total. The number of amides is 1. The third kappa shape index (κ3) is 2.53. The Morgan fingerprint density at radius 3 is 2.86 bits per heavy atom. The first-order valence-corrected chi connectivity index (χ1v) is 7.31. The van der Waals surface area contributed by atoms with Crippen LogP contribution >= 0.6 is 12.4 Å². The second kappa shape index (κ2) is 5.44. The molecule has 7 heteroatoms. The first-order valence-electron chi connectivity index (χ1n) is 7.31. The van der Waals surface area contributed by atoms with Crippen LogP contribution in [0.25, 0.3) is 11.1 Å². The molecule has 1 aromatic heterocycles. The molecule has 2 aliphatic rings. The fraction of sp³-hybridized carbons (Fsp3) is 0.467. The average molecular weight is 324 g/mol. The Kier molecular flexibility index (Phi) is 3.74. The van der Waals surface area contributed by atoms with Crippen molar-refractivity contribution in [3.63, 3.8) is 0 Å². The number of rotatable bonds is 2. The second-order valence-corrected chi connectivity index (χ2v) is 6.08. The van der Waals surface area contributed by atoms with Gasteiger partial charge in [0.2, 0.25) is 5.91 Å². The summed E-state index contributed by atoms with van der Waals surface area (Å²) in [5.74, 6) is -0.273. The normalized spacial score (nSPS) is 22.3. The van der Waals surface area contributed by atoms with Crippen molar-refractivity contribution in [2.75, 3.05) is 18.4 Å². The van der Waals surface area contributed by atoms with Gasteiger partial charge in [-0.2, -0.15) is 0 Å². The Morgan fingerprint density at radius 1 is 1.32 bits per heavy atom. The lowest BCUT2D eigenvalue weighted by atomic mass is 9.92. The monoisotopic (exact) mass is 323 g/mol. The molecular weight excluding hydrogens is 306 g/mol. The van der Waals surface area contributed by atoms with E-state index in [0.29, 0.717) is 16.8 Å². The molecule has 22 heavy (non-hydrogen) atoms. The predicted molar refractivity (Wildman–Crippen MR) is 85.4 cm³/mol. The number of aromatic amines is 1. The van der Waals surface area contributed by atoms with E-state index in [2.05, 4.69) is 15.6 Å². The largest absolute Gasteiger partial charge is 0.417 e. The summed E-state index contributed by atoms with van der Waals surface area (Å²) in [6.45, 7) is 2.01. The van der Waals surface area contributed by atoms with Crippen molar-refractivity contribution in [2.24, 2.45) is 11.3 Å². The zero-order valence-electron chi connectivity index (χ0n) is 12.0.